The summed E-state index contributed by atoms with van der Waals surface area (Å²) >= 11 is 0. The Balaban J connectivity index is 2.18. The molecule has 0 heterocycles. The van der Waals surface area contributed by atoms with E-state index in [2.05, 4.69) is 11.9 Å². The zero-order valence-corrected chi connectivity index (χ0v) is 12.1. The quantitative estimate of drug-likeness (QED) is 0.344. The molecule has 1 aromatic rings. The van der Waals surface area contributed by atoms with Crippen molar-refractivity contribution in [3.05, 3.63) is 29.8 Å². The average Bonchev–Trinajstić information content (AvgIpc) is 2.44. The van der Waals surface area contributed by atoms with Crippen LogP contribution in [0.1, 0.15) is 24.8 Å². The van der Waals surface area contributed by atoms with Crippen molar-refractivity contribution in [3.8, 4) is 5.75 Å². The van der Waals surface area contributed by atoms with Crippen LogP contribution >= 0.6 is 0 Å². The summed E-state index contributed by atoms with van der Waals surface area (Å²) in [6.07, 6.45) is 3.05. The summed E-state index contributed by atoms with van der Waals surface area (Å²) in [6, 6.07) is 7.24. The van der Waals surface area contributed by atoms with E-state index in [0.29, 0.717) is 12.2 Å². The molecule has 0 radical (unpaired) electrons. The predicted octanol–water partition coefficient (Wildman–Crippen LogP) is 1.44. The maximum atomic E-state index is 8.70. The van der Waals surface area contributed by atoms with E-state index in [1.54, 1.807) is 12.1 Å². The average molecular weight is 279 g/mol. The lowest BCUT2D eigenvalue weighted by Gasteiger charge is -2.16. The fourth-order valence-corrected chi connectivity index (χ4v) is 1.83. The second-order valence-electron chi connectivity index (χ2n) is 4.87. The summed E-state index contributed by atoms with van der Waals surface area (Å²) in [5.74, 6) is 0.864. The van der Waals surface area contributed by atoms with E-state index in [1.165, 1.54) is 0 Å². The summed E-state index contributed by atoms with van der Waals surface area (Å²) in [4.78, 5) is 2.22. The molecule has 0 aliphatic rings. The van der Waals surface area contributed by atoms with Crippen molar-refractivity contribution in [3.63, 3.8) is 0 Å². The molecule has 0 aliphatic carbocycles. The third-order valence-corrected chi connectivity index (χ3v) is 3.11. The number of nitrogens with two attached hydrogens (primary N) is 1. The Morgan fingerprint density at radius 3 is 2.50 bits per heavy atom. The van der Waals surface area contributed by atoms with Gasteiger partial charge in [-0.25, -0.2) is 0 Å². The highest BCUT2D eigenvalue weighted by molar-refractivity contribution is 5.94. The molecule has 112 valence electrons. The second kappa shape index (κ2) is 9.34. The number of benzene rings is 1. The number of nitrogen functional groups attached to an aromatic ring is 1. The molecule has 0 atom stereocenters. The topological polar surface area (TPSA) is 82.6 Å². The van der Waals surface area contributed by atoms with E-state index >= 15 is 0 Å². The number of unbranched alkanes of at least 4 members (excludes halogenated alkanes) is 2. The van der Waals surface area contributed by atoms with Crippen LogP contribution in [0.25, 0.3) is 0 Å². The maximum Gasteiger partial charge on any atom is 0.122 e. The fourth-order valence-electron chi connectivity index (χ4n) is 1.83. The zero-order valence-electron chi connectivity index (χ0n) is 12.1. The summed E-state index contributed by atoms with van der Waals surface area (Å²) in [6.45, 7) is 2.80. The monoisotopic (exact) mass is 279 g/mol. The first-order valence-corrected chi connectivity index (χ1v) is 7.00. The SMILES string of the molecule is CN(CCCCCO)CCOc1ccc(C(=N)N)cc1. The first-order chi connectivity index (χ1) is 9.63. The number of ether oxygens (including phenoxy) is 1. The minimum atomic E-state index is 0.0687. The molecule has 1 rings (SSSR count). The number of hydrogen-bond acceptors (Lipinski definition) is 4. The van der Waals surface area contributed by atoms with Gasteiger partial charge in [-0.05, 0) is 57.1 Å². The minimum absolute atomic E-state index is 0.0687. The number of rotatable bonds is 10. The number of aliphatic hydroxyl groups excluding tert-OH is 1. The Bertz CT molecular complexity index is 393. The summed E-state index contributed by atoms with van der Waals surface area (Å²) in [5, 5.41) is 16.0. The van der Waals surface area contributed by atoms with Crippen LogP contribution in [-0.4, -0.2) is 49.2 Å². The molecule has 4 N–H and O–H groups in total. The predicted molar refractivity (Wildman–Crippen MR) is 81.4 cm³/mol. The van der Waals surface area contributed by atoms with Crippen molar-refractivity contribution in [2.45, 2.75) is 19.3 Å². The largest absolute Gasteiger partial charge is 0.492 e. The van der Waals surface area contributed by atoms with Crippen LogP contribution in [-0.2, 0) is 0 Å². The molecule has 5 nitrogen and oxygen atoms in total. The summed E-state index contributed by atoms with van der Waals surface area (Å²) in [5.41, 5.74) is 6.10. The second-order valence-corrected chi connectivity index (χ2v) is 4.87. The van der Waals surface area contributed by atoms with Crippen LogP contribution in [0.5, 0.6) is 5.75 Å². The first kappa shape index (κ1) is 16.5. The van der Waals surface area contributed by atoms with E-state index in [4.69, 9.17) is 21.0 Å². The molecule has 0 amide bonds. The Morgan fingerprint density at radius 1 is 1.20 bits per heavy atom. The number of amidine groups is 1. The van der Waals surface area contributed by atoms with E-state index in [0.717, 1.165) is 38.1 Å². The number of aliphatic hydroxyl groups is 1. The molecular weight excluding hydrogens is 254 g/mol. The van der Waals surface area contributed by atoms with Gasteiger partial charge in [0.15, 0.2) is 0 Å². The molecule has 1 aromatic carbocycles. The van der Waals surface area contributed by atoms with Gasteiger partial charge in [-0.1, -0.05) is 0 Å². The van der Waals surface area contributed by atoms with Gasteiger partial charge in [0.2, 0.25) is 0 Å². The van der Waals surface area contributed by atoms with Gasteiger partial charge in [-0.2, -0.15) is 0 Å². The van der Waals surface area contributed by atoms with Gasteiger partial charge in [0.1, 0.15) is 18.2 Å². The van der Waals surface area contributed by atoms with Gasteiger partial charge in [-0.3, -0.25) is 5.41 Å². The fraction of sp³-hybridized carbons (Fsp3) is 0.533. The standard InChI is InChI=1S/C15H25N3O2/c1-18(9-3-2-4-11-19)10-12-20-14-7-5-13(6-8-14)15(16)17/h5-8,19H,2-4,9-12H2,1H3,(H3,16,17). The molecule has 0 fully saturated rings. The number of nitrogens with one attached hydrogen (secondary N) is 1. The smallest absolute Gasteiger partial charge is 0.122 e. The van der Waals surface area contributed by atoms with Crippen molar-refractivity contribution in [1.82, 2.24) is 4.90 Å². The van der Waals surface area contributed by atoms with Gasteiger partial charge in [0.25, 0.3) is 0 Å². The number of nitrogens with zero attached hydrogens (tertiary/aromatic N) is 1. The number of hydrogen-bond donors (Lipinski definition) is 3. The summed E-state index contributed by atoms with van der Waals surface area (Å²) in [7, 11) is 2.07. The van der Waals surface area contributed by atoms with E-state index in [9.17, 15) is 0 Å². The van der Waals surface area contributed by atoms with Crippen LogP contribution in [0, 0.1) is 5.41 Å². The molecule has 0 aromatic heterocycles. The highest BCUT2D eigenvalue weighted by Gasteiger charge is 2.00. The maximum absolute atomic E-state index is 8.70. The van der Waals surface area contributed by atoms with Crippen LogP contribution in [0.2, 0.25) is 0 Å². The summed E-state index contributed by atoms with van der Waals surface area (Å²) < 4.78 is 5.65. The molecule has 0 bridgehead atoms. The Labute approximate surface area is 120 Å². The van der Waals surface area contributed by atoms with Crippen molar-refractivity contribution in [2.75, 3.05) is 33.4 Å². The Kier molecular flexibility index (Phi) is 7.69. The van der Waals surface area contributed by atoms with E-state index in [-0.39, 0.29) is 12.4 Å². The third kappa shape index (κ3) is 6.54. The lowest BCUT2D eigenvalue weighted by molar-refractivity contribution is 0.230. The van der Waals surface area contributed by atoms with Crippen molar-refractivity contribution >= 4 is 5.84 Å². The van der Waals surface area contributed by atoms with Gasteiger partial charge in [0.05, 0.1) is 0 Å². The lowest BCUT2D eigenvalue weighted by Crippen LogP contribution is -2.25. The molecular formula is C15H25N3O2. The van der Waals surface area contributed by atoms with E-state index < -0.39 is 0 Å². The zero-order chi connectivity index (χ0) is 14.8. The van der Waals surface area contributed by atoms with Crippen LogP contribution in [0.15, 0.2) is 24.3 Å². The normalized spacial score (nSPS) is 10.8. The number of likely N-dealkylation sites (N-methyl/N-ethyl adjacent to an activating group) is 1. The molecule has 0 spiro atoms. The Morgan fingerprint density at radius 2 is 1.90 bits per heavy atom. The van der Waals surface area contributed by atoms with Gasteiger partial charge in [-0.15, -0.1) is 0 Å². The molecule has 0 aliphatic heterocycles. The van der Waals surface area contributed by atoms with Crippen LogP contribution in [0.3, 0.4) is 0 Å². The van der Waals surface area contributed by atoms with Gasteiger partial charge < -0.3 is 20.5 Å². The van der Waals surface area contributed by atoms with Crippen molar-refractivity contribution < 1.29 is 9.84 Å². The van der Waals surface area contributed by atoms with Crippen molar-refractivity contribution in [1.29, 1.82) is 5.41 Å². The van der Waals surface area contributed by atoms with Gasteiger partial charge in [0, 0.05) is 18.7 Å². The van der Waals surface area contributed by atoms with Crippen molar-refractivity contribution in [2.24, 2.45) is 5.73 Å². The Hall–Kier alpha value is -1.59. The molecule has 5 heteroatoms. The van der Waals surface area contributed by atoms with Crippen LogP contribution in [0.4, 0.5) is 0 Å². The van der Waals surface area contributed by atoms with E-state index in [1.807, 2.05) is 12.1 Å². The molecule has 0 saturated heterocycles. The molecule has 0 unspecified atom stereocenters. The van der Waals surface area contributed by atoms with Gasteiger partial charge >= 0.3 is 0 Å². The highest BCUT2D eigenvalue weighted by atomic mass is 16.5. The van der Waals surface area contributed by atoms with Crippen LogP contribution < -0.4 is 10.5 Å². The third-order valence-electron chi connectivity index (χ3n) is 3.11. The first-order valence-electron chi connectivity index (χ1n) is 7.00. The minimum Gasteiger partial charge on any atom is -0.492 e. The molecule has 0 saturated carbocycles. The lowest BCUT2D eigenvalue weighted by atomic mass is 10.2. The molecule has 20 heavy (non-hydrogen) atoms. The highest BCUT2D eigenvalue weighted by Crippen LogP contribution is 2.11.